The van der Waals surface area contributed by atoms with E-state index in [0.29, 0.717) is 18.4 Å². The number of likely N-dealkylation sites (tertiary alicyclic amines) is 1. The molecule has 0 aromatic heterocycles. The van der Waals surface area contributed by atoms with Gasteiger partial charge >= 0.3 is 0 Å². The minimum atomic E-state index is 0.132. The van der Waals surface area contributed by atoms with Crippen LogP contribution in [0.3, 0.4) is 0 Å². The van der Waals surface area contributed by atoms with Crippen LogP contribution >= 0.6 is 0 Å². The zero-order valence-electron chi connectivity index (χ0n) is 11.1. The molecule has 1 aliphatic rings. The molecule has 1 aliphatic heterocycles. The van der Waals surface area contributed by atoms with Crippen LogP contribution in [0.25, 0.3) is 0 Å². The fourth-order valence-corrected chi connectivity index (χ4v) is 2.72. The van der Waals surface area contributed by atoms with E-state index in [0.717, 1.165) is 24.9 Å². The number of benzene rings is 1. The minimum Gasteiger partial charge on any atom is -0.508 e. The average Bonchev–Trinajstić information content (AvgIpc) is 2.81. The molecule has 98 valence electrons. The first-order valence-electron chi connectivity index (χ1n) is 6.66. The summed E-state index contributed by atoms with van der Waals surface area (Å²) >= 11 is 0. The van der Waals surface area contributed by atoms with Crippen molar-refractivity contribution in [1.82, 2.24) is 4.90 Å². The van der Waals surface area contributed by atoms with E-state index in [4.69, 9.17) is 0 Å². The molecular weight excluding hydrogens is 226 g/mol. The normalized spacial score (nSPS) is 19.5. The zero-order valence-corrected chi connectivity index (χ0v) is 11.1. The molecule has 1 heterocycles. The lowest BCUT2D eigenvalue weighted by atomic mass is 10.0. The number of carbonyl (C=O) groups is 1. The molecule has 0 radical (unpaired) electrons. The van der Waals surface area contributed by atoms with Gasteiger partial charge in [0, 0.05) is 18.2 Å². The molecule has 18 heavy (non-hydrogen) atoms. The van der Waals surface area contributed by atoms with E-state index in [2.05, 4.69) is 13.8 Å². The highest BCUT2D eigenvalue weighted by Gasteiger charge is 2.30. The quantitative estimate of drug-likeness (QED) is 0.892. The van der Waals surface area contributed by atoms with Gasteiger partial charge in [-0.15, -0.1) is 0 Å². The predicted molar refractivity (Wildman–Crippen MR) is 71.4 cm³/mol. The lowest BCUT2D eigenvalue weighted by Gasteiger charge is -2.27. The van der Waals surface area contributed by atoms with Gasteiger partial charge in [-0.05, 0) is 24.8 Å². The van der Waals surface area contributed by atoms with Crippen LogP contribution in [0.5, 0.6) is 5.75 Å². The van der Waals surface area contributed by atoms with Crippen LogP contribution in [0.1, 0.15) is 32.3 Å². The minimum absolute atomic E-state index is 0.132. The fourth-order valence-electron chi connectivity index (χ4n) is 2.72. The molecule has 0 bridgehead atoms. The maximum Gasteiger partial charge on any atom is 0.227 e. The summed E-state index contributed by atoms with van der Waals surface area (Å²) in [6.07, 6.45) is 2.50. The summed E-state index contributed by atoms with van der Waals surface area (Å²) in [5.41, 5.74) is 0.719. The van der Waals surface area contributed by atoms with Crippen molar-refractivity contribution in [2.75, 3.05) is 6.54 Å². The number of hydrogen-bond donors (Lipinski definition) is 1. The zero-order chi connectivity index (χ0) is 13.1. The lowest BCUT2D eigenvalue weighted by Crippen LogP contribution is -2.39. The SMILES string of the molecule is CC(C)C1CCCN1C(=O)Cc1ccccc1O. The monoisotopic (exact) mass is 247 g/mol. The van der Waals surface area contributed by atoms with E-state index in [9.17, 15) is 9.90 Å². The van der Waals surface area contributed by atoms with E-state index in [-0.39, 0.29) is 11.7 Å². The number of nitrogens with zero attached hydrogens (tertiary/aromatic N) is 1. The van der Waals surface area contributed by atoms with Crippen LogP contribution < -0.4 is 0 Å². The molecule has 1 saturated heterocycles. The van der Waals surface area contributed by atoms with Gasteiger partial charge in [0.25, 0.3) is 0 Å². The van der Waals surface area contributed by atoms with Crippen molar-refractivity contribution in [3.8, 4) is 5.75 Å². The molecule has 1 N–H and O–H groups in total. The van der Waals surface area contributed by atoms with E-state index >= 15 is 0 Å². The van der Waals surface area contributed by atoms with Crippen LogP contribution in [0, 0.1) is 5.92 Å². The van der Waals surface area contributed by atoms with Crippen molar-refractivity contribution in [2.24, 2.45) is 5.92 Å². The second-order valence-corrected chi connectivity index (χ2v) is 5.35. The van der Waals surface area contributed by atoms with Crippen molar-refractivity contribution in [3.05, 3.63) is 29.8 Å². The van der Waals surface area contributed by atoms with Crippen molar-refractivity contribution in [2.45, 2.75) is 39.2 Å². The third-order valence-corrected chi connectivity index (χ3v) is 3.72. The van der Waals surface area contributed by atoms with E-state index in [1.54, 1.807) is 12.1 Å². The third-order valence-electron chi connectivity index (χ3n) is 3.72. The van der Waals surface area contributed by atoms with Gasteiger partial charge in [-0.3, -0.25) is 4.79 Å². The Bertz CT molecular complexity index is 428. The molecule has 2 rings (SSSR count). The topological polar surface area (TPSA) is 40.5 Å². The molecule has 0 spiro atoms. The summed E-state index contributed by atoms with van der Waals surface area (Å²) in [7, 11) is 0. The Morgan fingerprint density at radius 2 is 2.17 bits per heavy atom. The second-order valence-electron chi connectivity index (χ2n) is 5.35. The van der Waals surface area contributed by atoms with Crippen LogP contribution in [0.2, 0.25) is 0 Å². The van der Waals surface area contributed by atoms with Crippen LogP contribution in [-0.4, -0.2) is 28.5 Å². The first-order valence-corrected chi connectivity index (χ1v) is 6.66. The van der Waals surface area contributed by atoms with Gasteiger partial charge in [0.05, 0.1) is 6.42 Å². The van der Waals surface area contributed by atoms with Gasteiger partial charge in [-0.25, -0.2) is 0 Å². The third kappa shape index (κ3) is 2.66. The van der Waals surface area contributed by atoms with Crippen molar-refractivity contribution >= 4 is 5.91 Å². The largest absolute Gasteiger partial charge is 0.508 e. The van der Waals surface area contributed by atoms with Crippen molar-refractivity contribution in [3.63, 3.8) is 0 Å². The number of carbonyl (C=O) groups excluding carboxylic acids is 1. The smallest absolute Gasteiger partial charge is 0.227 e. The van der Waals surface area contributed by atoms with Gasteiger partial charge in [0.2, 0.25) is 5.91 Å². The lowest BCUT2D eigenvalue weighted by molar-refractivity contribution is -0.132. The number of amides is 1. The Labute approximate surface area is 108 Å². The Morgan fingerprint density at radius 3 is 2.83 bits per heavy atom. The maximum absolute atomic E-state index is 12.3. The van der Waals surface area contributed by atoms with Crippen LogP contribution in [0.4, 0.5) is 0 Å². The Hall–Kier alpha value is -1.51. The first-order chi connectivity index (χ1) is 8.59. The molecule has 1 amide bonds. The summed E-state index contributed by atoms with van der Waals surface area (Å²) < 4.78 is 0. The molecule has 1 fully saturated rings. The standard InChI is InChI=1S/C15H21NO2/c1-11(2)13-7-5-9-16(13)15(18)10-12-6-3-4-8-14(12)17/h3-4,6,8,11,13,17H,5,7,9-10H2,1-2H3. The highest BCUT2D eigenvalue weighted by atomic mass is 16.3. The number of para-hydroxylation sites is 1. The van der Waals surface area contributed by atoms with Crippen LogP contribution in [0.15, 0.2) is 24.3 Å². The summed E-state index contributed by atoms with van der Waals surface area (Å²) in [5.74, 6) is 0.847. The molecule has 3 nitrogen and oxygen atoms in total. The average molecular weight is 247 g/mol. The number of phenols is 1. The second kappa shape index (κ2) is 5.42. The molecule has 1 unspecified atom stereocenters. The summed E-state index contributed by atoms with van der Waals surface area (Å²) in [6.45, 7) is 5.18. The van der Waals surface area contributed by atoms with Crippen LogP contribution in [-0.2, 0) is 11.2 Å². The first kappa shape index (κ1) is 12.9. The fraction of sp³-hybridized carbons (Fsp3) is 0.533. The molecule has 0 aliphatic carbocycles. The predicted octanol–water partition coefficient (Wildman–Crippen LogP) is 2.58. The van der Waals surface area contributed by atoms with E-state index < -0.39 is 0 Å². The van der Waals surface area contributed by atoms with Gasteiger partial charge in [-0.2, -0.15) is 0 Å². The summed E-state index contributed by atoms with van der Waals surface area (Å²) in [5, 5.41) is 9.71. The Morgan fingerprint density at radius 1 is 1.44 bits per heavy atom. The number of rotatable bonds is 3. The highest BCUT2D eigenvalue weighted by Crippen LogP contribution is 2.25. The molecular formula is C15H21NO2. The molecule has 1 aromatic carbocycles. The molecule has 3 heteroatoms. The summed E-state index contributed by atoms with van der Waals surface area (Å²) in [4.78, 5) is 14.3. The Kier molecular flexibility index (Phi) is 3.90. The maximum atomic E-state index is 12.3. The number of aromatic hydroxyl groups is 1. The van der Waals surface area contributed by atoms with E-state index in [1.165, 1.54) is 0 Å². The Balaban J connectivity index is 2.06. The number of phenolic OH excluding ortho intramolecular Hbond substituents is 1. The number of hydrogen-bond acceptors (Lipinski definition) is 2. The van der Waals surface area contributed by atoms with Gasteiger partial charge < -0.3 is 10.0 Å². The van der Waals surface area contributed by atoms with Gasteiger partial charge in [0.1, 0.15) is 5.75 Å². The van der Waals surface area contributed by atoms with Gasteiger partial charge in [0.15, 0.2) is 0 Å². The summed E-state index contributed by atoms with van der Waals surface area (Å²) in [6, 6.07) is 7.44. The molecule has 1 atom stereocenters. The molecule has 0 saturated carbocycles. The van der Waals surface area contributed by atoms with Crippen molar-refractivity contribution in [1.29, 1.82) is 0 Å². The highest BCUT2D eigenvalue weighted by molar-refractivity contribution is 5.80. The van der Waals surface area contributed by atoms with Crippen molar-refractivity contribution < 1.29 is 9.90 Å². The van der Waals surface area contributed by atoms with Gasteiger partial charge in [-0.1, -0.05) is 32.0 Å². The molecule has 1 aromatic rings. The van der Waals surface area contributed by atoms with E-state index in [1.807, 2.05) is 17.0 Å².